The lowest BCUT2D eigenvalue weighted by atomic mass is 10.0. The predicted molar refractivity (Wildman–Crippen MR) is 103 cm³/mol. The Hall–Kier alpha value is -2.72. The van der Waals surface area contributed by atoms with Gasteiger partial charge in [-0.2, -0.15) is 0 Å². The van der Waals surface area contributed by atoms with Crippen molar-refractivity contribution in [3.8, 4) is 0 Å². The predicted octanol–water partition coefficient (Wildman–Crippen LogP) is 0.563. The highest BCUT2D eigenvalue weighted by Gasteiger charge is 2.69. The fraction of sp³-hybridized carbons (Fsp3) is 0.524. The number of amides is 4. The van der Waals surface area contributed by atoms with Gasteiger partial charge >= 0.3 is 0 Å². The zero-order chi connectivity index (χ0) is 21.9. The first-order chi connectivity index (χ1) is 14.8. The van der Waals surface area contributed by atoms with Crippen LogP contribution in [0.5, 0.6) is 0 Å². The first-order valence-corrected chi connectivity index (χ1v) is 10.5. The number of halogens is 2. The van der Waals surface area contributed by atoms with E-state index in [4.69, 9.17) is 0 Å². The molecule has 1 aliphatic carbocycles. The molecular formula is C21H22F2N4O4. The highest BCUT2D eigenvalue weighted by Crippen LogP contribution is 2.53. The van der Waals surface area contributed by atoms with Crippen LogP contribution in [0, 0.1) is 5.92 Å². The topological polar surface area (TPSA) is 108 Å². The molecule has 0 radical (unpaired) electrons. The van der Waals surface area contributed by atoms with E-state index in [2.05, 4.69) is 16.0 Å². The summed E-state index contributed by atoms with van der Waals surface area (Å²) in [6.07, 6.45) is 1.38. The number of hydrogen-bond acceptors (Lipinski definition) is 6. The number of imide groups is 2. The van der Waals surface area contributed by atoms with Gasteiger partial charge in [-0.3, -0.25) is 29.4 Å². The van der Waals surface area contributed by atoms with Crippen LogP contribution >= 0.6 is 0 Å². The second-order valence-electron chi connectivity index (χ2n) is 8.66. The summed E-state index contributed by atoms with van der Waals surface area (Å²) in [5.41, 5.74) is 1.23. The van der Waals surface area contributed by atoms with E-state index in [9.17, 15) is 28.0 Å². The maximum absolute atomic E-state index is 13.5. The lowest BCUT2D eigenvalue weighted by Gasteiger charge is -2.27. The van der Waals surface area contributed by atoms with Gasteiger partial charge in [-0.05, 0) is 37.0 Å². The fourth-order valence-electron chi connectivity index (χ4n) is 4.87. The zero-order valence-electron chi connectivity index (χ0n) is 16.6. The van der Waals surface area contributed by atoms with Gasteiger partial charge in [-0.15, -0.1) is 0 Å². The molecule has 3 heterocycles. The molecule has 0 aromatic heterocycles. The Kier molecular flexibility index (Phi) is 4.67. The van der Waals surface area contributed by atoms with Gasteiger partial charge in [0.25, 0.3) is 17.7 Å². The molecule has 4 amide bonds. The van der Waals surface area contributed by atoms with E-state index in [1.54, 1.807) is 18.2 Å². The molecule has 4 aliphatic rings. The van der Waals surface area contributed by atoms with Crippen molar-refractivity contribution in [1.29, 1.82) is 0 Å². The molecule has 0 spiro atoms. The van der Waals surface area contributed by atoms with Gasteiger partial charge in [0.2, 0.25) is 11.8 Å². The van der Waals surface area contributed by atoms with Gasteiger partial charge < -0.3 is 10.6 Å². The minimum Gasteiger partial charge on any atom is -0.311 e. The maximum atomic E-state index is 13.5. The van der Waals surface area contributed by atoms with Crippen LogP contribution in [-0.4, -0.2) is 59.1 Å². The van der Waals surface area contributed by atoms with Crippen molar-refractivity contribution in [2.75, 3.05) is 6.54 Å². The molecule has 4 atom stereocenters. The average Bonchev–Trinajstić information content (AvgIpc) is 3.19. The number of carbonyl (C=O) groups is 4. The molecule has 1 aromatic rings. The van der Waals surface area contributed by atoms with E-state index >= 15 is 0 Å². The summed E-state index contributed by atoms with van der Waals surface area (Å²) in [5, 5.41) is 8.38. The first-order valence-electron chi connectivity index (χ1n) is 10.5. The van der Waals surface area contributed by atoms with Crippen LogP contribution in [0.4, 0.5) is 8.78 Å². The van der Waals surface area contributed by atoms with Crippen LogP contribution in [0.1, 0.15) is 52.0 Å². The summed E-state index contributed by atoms with van der Waals surface area (Å²) in [7, 11) is 0. The average molecular weight is 432 g/mol. The summed E-state index contributed by atoms with van der Waals surface area (Å²) in [6, 6.07) is 3.17. The highest BCUT2D eigenvalue weighted by atomic mass is 19.3. The molecule has 3 fully saturated rings. The van der Waals surface area contributed by atoms with E-state index in [-0.39, 0.29) is 30.0 Å². The molecule has 2 saturated heterocycles. The molecule has 3 aliphatic heterocycles. The molecule has 164 valence electrons. The Morgan fingerprint density at radius 3 is 2.58 bits per heavy atom. The molecule has 3 unspecified atom stereocenters. The van der Waals surface area contributed by atoms with Crippen molar-refractivity contribution in [2.24, 2.45) is 5.92 Å². The van der Waals surface area contributed by atoms with E-state index in [0.717, 1.165) is 10.5 Å². The number of hydrogen-bond donors (Lipinski definition) is 3. The molecule has 0 bridgehead atoms. The normalized spacial score (nSPS) is 31.4. The Bertz CT molecular complexity index is 998. The van der Waals surface area contributed by atoms with Crippen molar-refractivity contribution in [2.45, 2.75) is 56.3 Å². The van der Waals surface area contributed by atoms with Crippen molar-refractivity contribution in [3.63, 3.8) is 0 Å². The van der Waals surface area contributed by atoms with Gasteiger partial charge in [0.15, 0.2) is 0 Å². The SMILES string of the molecule is O=C1CCC(N2C(=O)c3ccc(CNC[C@H]4CCC5C(N4)C5(F)F)cc3C2=O)C(=O)N1. The van der Waals surface area contributed by atoms with Crippen LogP contribution in [-0.2, 0) is 16.1 Å². The maximum Gasteiger partial charge on any atom is 0.268 e. The molecule has 1 aromatic carbocycles. The standard InChI is InChI=1S/C21H22F2N4O4/c22-21(23)14-4-2-11(25-17(14)21)9-24-8-10-1-3-12-13(7-10)20(31)27(19(12)30)15-5-6-16(28)26-18(15)29/h1,3,7,11,14-15,17,24-25H,2,4-6,8-9H2,(H,26,28,29)/t11-,14?,15?,17?/m1/s1. The summed E-state index contributed by atoms with van der Waals surface area (Å²) < 4.78 is 27.0. The molecular weight excluding hydrogens is 410 g/mol. The minimum atomic E-state index is -2.59. The number of nitrogens with one attached hydrogen (secondary N) is 3. The van der Waals surface area contributed by atoms with E-state index < -0.39 is 47.6 Å². The molecule has 1 saturated carbocycles. The monoisotopic (exact) mass is 432 g/mol. The quantitative estimate of drug-likeness (QED) is 0.587. The molecule has 3 N–H and O–H groups in total. The number of alkyl halides is 2. The third-order valence-corrected chi connectivity index (χ3v) is 6.67. The van der Waals surface area contributed by atoms with Crippen LogP contribution in [0.2, 0.25) is 0 Å². The molecule has 10 heteroatoms. The number of piperidine rings is 2. The lowest BCUT2D eigenvalue weighted by molar-refractivity contribution is -0.136. The largest absolute Gasteiger partial charge is 0.311 e. The Morgan fingerprint density at radius 1 is 1.06 bits per heavy atom. The third-order valence-electron chi connectivity index (χ3n) is 6.67. The van der Waals surface area contributed by atoms with E-state index in [1.807, 2.05) is 0 Å². The van der Waals surface area contributed by atoms with Gasteiger partial charge in [-0.1, -0.05) is 6.07 Å². The summed E-state index contributed by atoms with van der Waals surface area (Å²) in [4.78, 5) is 50.0. The second kappa shape index (κ2) is 7.16. The van der Waals surface area contributed by atoms with Gasteiger partial charge in [-0.25, -0.2) is 8.78 Å². The summed E-state index contributed by atoms with van der Waals surface area (Å²) in [6.45, 7) is 0.932. The molecule has 8 nitrogen and oxygen atoms in total. The van der Waals surface area contributed by atoms with Gasteiger partial charge in [0.05, 0.1) is 17.2 Å². The molecule has 5 rings (SSSR count). The second-order valence-corrected chi connectivity index (χ2v) is 8.66. The smallest absolute Gasteiger partial charge is 0.268 e. The number of nitrogens with zero attached hydrogens (tertiary/aromatic N) is 1. The van der Waals surface area contributed by atoms with Crippen LogP contribution < -0.4 is 16.0 Å². The van der Waals surface area contributed by atoms with E-state index in [0.29, 0.717) is 25.9 Å². The van der Waals surface area contributed by atoms with Crippen LogP contribution in [0.25, 0.3) is 0 Å². The molecule has 31 heavy (non-hydrogen) atoms. The van der Waals surface area contributed by atoms with Crippen LogP contribution in [0.15, 0.2) is 18.2 Å². The summed E-state index contributed by atoms with van der Waals surface area (Å²) in [5.74, 6) is -5.27. The Morgan fingerprint density at radius 2 is 1.84 bits per heavy atom. The van der Waals surface area contributed by atoms with Crippen molar-refractivity contribution >= 4 is 23.6 Å². The van der Waals surface area contributed by atoms with Gasteiger partial charge in [0, 0.05) is 31.5 Å². The lowest BCUT2D eigenvalue weighted by Crippen LogP contribution is -2.54. The van der Waals surface area contributed by atoms with E-state index in [1.165, 1.54) is 0 Å². The number of benzene rings is 1. The fourth-order valence-corrected chi connectivity index (χ4v) is 4.87. The first kappa shape index (κ1) is 20.2. The van der Waals surface area contributed by atoms with Gasteiger partial charge in [0.1, 0.15) is 6.04 Å². The number of carbonyl (C=O) groups excluding carboxylic acids is 4. The number of rotatable bonds is 5. The van der Waals surface area contributed by atoms with Crippen LogP contribution in [0.3, 0.4) is 0 Å². The third kappa shape index (κ3) is 3.34. The van der Waals surface area contributed by atoms with Crippen molar-refractivity contribution < 1.29 is 28.0 Å². The minimum absolute atomic E-state index is 0.0322. The number of fused-ring (bicyclic) bond motifs is 2. The summed E-state index contributed by atoms with van der Waals surface area (Å²) >= 11 is 0. The Labute approximate surface area is 176 Å². The van der Waals surface area contributed by atoms with Crippen molar-refractivity contribution in [1.82, 2.24) is 20.9 Å². The highest BCUT2D eigenvalue weighted by molar-refractivity contribution is 6.23. The zero-order valence-corrected chi connectivity index (χ0v) is 16.6. The van der Waals surface area contributed by atoms with Crippen molar-refractivity contribution in [3.05, 3.63) is 34.9 Å². The Balaban J connectivity index is 1.21.